The van der Waals surface area contributed by atoms with Crippen LogP contribution in [0.1, 0.15) is 13.3 Å². The Balaban J connectivity index is 0.00000200. The summed E-state index contributed by atoms with van der Waals surface area (Å²) in [5, 5.41) is 3.41. The van der Waals surface area contributed by atoms with E-state index >= 15 is 0 Å². The lowest BCUT2D eigenvalue weighted by Gasteiger charge is -2.30. The molecule has 1 aliphatic rings. The molecule has 1 saturated heterocycles. The molecule has 0 radical (unpaired) electrons. The van der Waals surface area contributed by atoms with E-state index in [0.717, 1.165) is 13.0 Å². The number of hydrogen-bond acceptors (Lipinski definition) is 5. The molecule has 6 nitrogen and oxygen atoms in total. The first-order chi connectivity index (χ1) is 8.90. The number of nitrogens with two attached hydrogens (primary N) is 1. The van der Waals surface area contributed by atoms with Crippen LogP contribution in [0.25, 0.3) is 0 Å². The summed E-state index contributed by atoms with van der Waals surface area (Å²) in [6.07, 6.45) is 2.25. The van der Waals surface area contributed by atoms with Crippen molar-refractivity contribution in [3.05, 3.63) is 17.3 Å². The summed E-state index contributed by atoms with van der Waals surface area (Å²) in [5.41, 5.74) is 5.61. The van der Waals surface area contributed by atoms with Gasteiger partial charge in [0.05, 0.1) is 5.02 Å². The topological polar surface area (TPSA) is 97.1 Å². The van der Waals surface area contributed by atoms with E-state index in [0.29, 0.717) is 6.54 Å². The third-order valence-electron chi connectivity index (χ3n) is 3.27. The van der Waals surface area contributed by atoms with E-state index < -0.39 is 10.0 Å². The summed E-state index contributed by atoms with van der Waals surface area (Å²) in [6, 6.07) is 1.16. The fourth-order valence-corrected chi connectivity index (χ4v) is 3.73. The number of rotatable bonds is 3. The van der Waals surface area contributed by atoms with Crippen molar-refractivity contribution in [1.29, 1.82) is 0 Å². The van der Waals surface area contributed by atoms with E-state index in [-0.39, 0.29) is 40.1 Å². The second kappa shape index (κ2) is 6.91. The van der Waals surface area contributed by atoms with Crippen molar-refractivity contribution in [3.8, 4) is 0 Å². The van der Waals surface area contributed by atoms with Crippen molar-refractivity contribution >= 4 is 39.8 Å². The van der Waals surface area contributed by atoms with Gasteiger partial charge in [0.15, 0.2) is 0 Å². The van der Waals surface area contributed by atoms with Gasteiger partial charge in [0.2, 0.25) is 10.0 Å². The Bertz CT molecular complexity index is 568. The standard InChI is InChI=1S/C11H17ClN4O2S.ClH/c1-7-2-3-14-6-9(7)16-19(17,18)10-4-8(12)5-15-11(10)13;/h4-5,7,9,14,16H,2-3,6H2,1H3,(H2,13,15);1H. The summed E-state index contributed by atoms with van der Waals surface area (Å²) in [7, 11) is -3.71. The van der Waals surface area contributed by atoms with Crippen molar-refractivity contribution < 1.29 is 8.42 Å². The maximum absolute atomic E-state index is 12.3. The van der Waals surface area contributed by atoms with Crippen molar-refractivity contribution in [1.82, 2.24) is 15.0 Å². The summed E-state index contributed by atoms with van der Waals surface area (Å²) in [5.74, 6) is 0.220. The molecule has 0 aromatic carbocycles. The van der Waals surface area contributed by atoms with E-state index in [1.165, 1.54) is 12.3 Å². The minimum atomic E-state index is -3.71. The first-order valence-electron chi connectivity index (χ1n) is 6.04. The Kier molecular flexibility index (Phi) is 6.03. The van der Waals surface area contributed by atoms with Crippen LogP contribution in [0.4, 0.5) is 5.82 Å². The number of sulfonamides is 1. The number of pyridine rings is 1. The van der Waals surface area contributed by atoms with E-state index in [9.17, 15) is 8.42 Å². The Hall–Kier alpha value is -0.600. The zero-order valence-corrected chi connectivity index (χ0v) is 13.4. The fourth-order valence-electron chi connectivity index (χ4n) is 2.06. The minimum absolute atomic E-state index is 0. The van der Waals surface area contributed by atoms with Crippen LogP contribution in [-0.4, -0.2) is 32.5 Å². The molecule has 0 amide bonds. The highest BCUT2D eigenvalue weighted by Gasteiger charge is 2.28. The summed E-state index contributed by atoms with van der Waals surface area (Å²) >= 11 is 5.77. The molecule has 114 valence electrons. The van der Waals surface area contributed by atoms with E-state index in [2.05, 4.69) is 15.0 Å². The second-order valence-electron chi connectivity index (χ2n) is 4.73. The van der Waals surface area contributed by atoms with Gasteiger partial charge in [0, 0.05) is 18.8 Å². The summed E-state index contributed by atoms with van der Waals surface area (Å²) < 4.78 is 27.3. The molecule has 2 unspecified atom stereocenters. The van der Waals surface area contributed by atoms with Gasteiger partial charge in [-0.15, -0.1) is 12.4 Å². The lowest BCUT2D eigenvalue weighted by Crippen LogP contribution is -2.50. The average Bonchev–Trinajstić information content (AvgIpc) is 2.35. The quantitative estimate of drug-likeness (QED) is 0.763. The smallest absolute Gasteiger partial charge is 0.244 e. The molecule has 9 heteroatoms. The van der Waals surface area contributed by atoms with Gasteiger partial charge in [-0.3, -0.25) is 0 Å². The Morgan fingerprint density at radius 3 is 2.90 bits per heavy atom. The van der Waals surface area contributed by atoms with Gasteiger partial charge in [0.25, 0.3) is 0 Å². The van der Waals surface area contributed by atoms with Crippen molar-refractivity contribution in [2.75, 3.05) is 18.8 Å². The molecular formula is C11H18Cl2N4O2S. The third kappa shape index (κ3) is 3.95. The molecule has 0 bridgehead atoms. The highest BCUT2D eigenvalue weighted by molar-refractivity contribution is 7.89. The van der Waals surface area contributed by atoms with Crippen LogP contribution in [0.5, 0.6) is 0 Å². The Labute approximate surface area is 129 Å². The van der Waals surface area contributed by atoms with Gasteiger partial charge >= 0.3 is 0 Å². The normalized spacial score (nSPS) is 23.1. The van der Waals surface area contributed by atoms with E-state index in [4.69, 9.17) is 17.3 Å². The van der Waals surface area contributed by atoms with Gasteiger partial charge in [0.1, 0.15) is 10.7 Å². The largest absolute Gasteiger partial charge is 0.383 e. The lowest BCUT2D eigenvalue weighted by atomic mass is 9.96. The molecule has 4 N–H and O–H groups in total. The van der Waals surface area contributed by atoms with E-state index in [1.807, 2.05) is 6.92 Å². The minimum Gasteiger partial charge on any atom is -0.383 e. The number of nitrogens with zero attached hydrogens (tertiary/aromatic N) is 1. The summed E-state index contributed by atoms with van der Waals surface area (Å²) in [4.78, 5) is 3.70. The number of aromatic nitrogens is 1. The zero-order valence-electron chi connectivity index (χ0n) is 11.0. The molecule has 1 aromatic heterocycles. The Morgan fingerprint density at radius 2 is 2.25 bits per heavy atom. The van der Waals surface area contributed by atoms with Gasteiger partial charge in [-0.05, 0) is 24.9 Å². The number of nitrogen functional groups attached to an aromatic ring is 1. The van der Waals surface area contributed by atoms with Gasteiger partial charge in [-0.25, -0.2) is 18.1 Å². The van der Waals surface area contributed by atoms with Crippen LogP contribution in [-0.2, 0) is 10.0 Å². The maximum Gasteiger partial charge on any atom is 0.244 e. The molecular weight excluding hydrogens is 323 g/mol. The second-order valence-corrected chi connectivity index (χ2v) is 6.85. The molecule has 1 aliphatic heterocycles. The lowest BCUT2D eigenvalue weighted by molar-refractivity contribution is 0.327. The predicted octanol–water partition coefficient (Wildman–Crippen LogP) is 1.02. The predicted molar refractivity (Wildman–Crippen MR) is 81.7 cm³/mol. The van der Waals surface area contributed by atoms with Crippen molar-refractivity contribution in [3.63, 3.8) is 0 Å². The van der Waals surface area contributed by atoms with Crippen LogP contribution in [0.15, 0.2) is 17.2 Å². The molecule has 1 fully saturated rings. The van der Waals surface area contributed by atoms with Crippen LogP contribution >= 0.6 is 24.0 Å². The third-order valence-corrected chi connectivity index (χ3v) is 5.00. The molecule has 20 heavy (non-hydrogen) atoms. The Morgan fingerprint density at radius 1 is 1.55 bits per heavy atom. The average molecular weight is 341 g/mol. The molecule has 2 atom stereocenters. The monoisotopic (exact) mass is 340 g/mol. The van der Waals surface area contributed by atoms with Gasteiger partial charge in [-0.1, -0.05) is 18.5 Å². The zero-order chi connectivity index (χ0) is 14.0. The first-order valence-corrected chi connectivity index (χ1v) is 7.90. The van der Waals surface area contributed by atoms with Gasteiger partial charge in [-0.2, -0.15) is 0 Å². The molecule has 0 saturated carbocycles. The molecule has 2 heterocycles. The first kappa shape index (κ1) is 17.5. The molecule has 0 spiro atoms. The maximum atomic E-state index is 12.3. The number of hydrogen-bond donors (Lipinski definition) is 3. The highest BCUT2D eigenvalue weighted by Crippen LogP contribution is 2.21. The number of piperidine rings is 1. The summed E-state index contributed by atoms with van der Waals surface area (Å²) in [6.45, 7) is 3.53. The number of anilines is 1. The van der Waals surface area contributed by atoms with Crippen LogP contribution in [0.2, 0.25) is 5.02 Å². The molecule has 2 rings (SSSR count). The van der Waals surface area contributed by atoms with Crippen LogP contribution < -0.4 is 15.8 Å². The number of nitrogens with one attached hydrogen (secondary N) is 2. The van der Waals surface area contributed by atoms with Crippen LogP contribution in [0, 0.1) is 5.92 Å². The highest BCUT2D eigenvalue weighted by atomic mass is 35.5. The van der Waals surface area contributed by atoms with Crippen LogP contribution in [0.3, 0.4) is 0 Å². The SMILES string of the molecule is CC1CCNCC1NS(=O)(=O)c1cc(Cl)cnc1N.Cl. The van der Waals surface area contributed by atoms with Crippen molar-refractivity contribution in [2.24, 2.45) is 5.92 Å². The number of halogens is 2. The molecule has 0 aliphatic carbocycles. The van der Waals surface area contributed by atoms with E-state index in [1.54, 1.807) is 0 Å². The van der Waals surface area contributed by atoms with Gasteiger partial charge < -0.3 is 11.1 Å². The molecule has 1 aromatic rings. The van der Waals surface area contributed by atoms with Crippen molar-refractivity contribution in [2.45, 2.75) is 24.3 Å². The fraction of sp³-hybridized carbons (Fsp3) is 0.545.